The van der Waals surface area contributed by atoms with Gasteiger partial charge in [0.15, 0.2) is 11.5 Å². The number of benzene rings is 1. The highest BCUT2D eigenvalue weighted by molar-refractivity contribution is 9.10. The molecule has 0 amide bonds. The van der Waals surface area contributed by atoms with Crippen LogP contribution >= 0.6 is 15.9 Å². The molecule has 0 aliphatic carbocycles. The molecule has 0 spiro atoms. The Morgan fingerprint density at radius 3 is 2.58 bits per heavy atom. The third-order valence-electron chi connectivity index (χ3n) is 2.60. The SMILES string of the molecule is CCOC(=O)C(N)Cc1c(Br)ccc(OC)c1OC. The summed E-state index contributed by atoms with van der Waals surface area (Å²) >= 11 is 3.42. The zero-order valence-corrected chi connectivity index (χ0v) is 12.8. The fourth-order valence-electron chi connectivity index (χ4n) is 1.71. The van der Waals surface area contributed by atoms with Gasteiger partial charge in [-0.1, -0.05) is 15.9 Å². The topological polar surface area (TPSA) is 70.8 Å². The van der Waals surface area contributed by atoms with E-state index in [1.54, 1.807) is 27.2 Å². The number of hydrogen-bond acceptors (Lipinski definition) is 5. The summed E-state index contributed by atoms with van der Waals surface area (Å²) in [6.07, 6.45) is 0.305. The van der Waals surface area contributed by atoms with Crippen molar-refractivity contribution in [3.63, 3.8) is 0 Å². The minimum absolute atomic E-state index is 0.305. The van der Waals surface area contributed by atoms with E-state index in [1.165, 1.54) is 0 Å². The van der Waals surface area contributed by atoms with E-state index in [4.69, 9.17) is 19.9 Å². The first-order chi connectivity index (χ1) is 9.04. The second-order valence-corrected chi connectivity index (χ2v) is 4.68. The van der Waals surface area contributed by atoms with Crippen LogP contribution in [0.3, 0.4) is 0 Å². The maximum absolute atomic E-state index is 11.6. The van der Waals surface area contributed by atoms with Gasteiger partial charge in [-0.05, 0) is 19.1 Å². The second kappa shape index (κ2) is 7.35. The number of esters is 1. The quantitative estimate of drug-likeness (QED) is 0.806. The van der Waals surface area contributed by atoms with Crippen molar-refractivity contribution in [2.75, 3.05) is 20.8 Å². The first-order valence-corrected chi connectivity index (χ1v) is 6.66. The Morgan fingerprint density at radius 1 is 1.37 bits per heavy atom. The largest absolute Gasteiger partial charge is 0.493 e. The lowest BCUT2D eigenvalue weighted by molar-refractivity contribution is -0.144. The van der Waals surface area contributed by atoms with Crippen LogP contribution in [0.2, 0.25) is 0 Å². The van der Waals surface area contributed by atoms with Gasteiger partial charge >= 0.3 is 5.97 Å². The summed E-state index contributed by atoms with van der Waals surface area (Å²) in [5.41, 5.74) is 6.61. The van der Waals surface area contributed by atoms with Gasteiger partial charge < -0.3 is 19.9 Å². The van der Waals surface area contributed by atoms with Gasteiger partial charge in [-0.2, -0.15) is 0 Å². The number of carbonyl (C=O) groups excluding carboxylic acids is 1. The van der Waals surface area contributed by atoms with Crippen molar-refractivity contribution in [3.05, 3.63) is 22.2 Å². The molecule has 1 aromatic rings. The van der Waals surface area contributed by atoms with Crippen molar-refractivity contribution in [2.24, 2.45) is 5.73 Å². The molecule has 0 radical (unpaired) electrons. The normalized spacial score (nSPS) is 11.8. The molecule has 1 unspecified atom stereocenters. The smallest absolute Gasteiger partial charge is 0.323 e. The van der Waals surface area contributed by atoms with Gasteiger partial charge in [-0.3, -0.25) is 4.79 Å². The van der Waals surface area contributed by atoms with Crippen LogP contribution in [0, 0.1) is 0 Å². The minimum atomic E-state index is -0.739. The maximum atomic E-state index is 11.6. The Hall–Kier alpha value is -1.27. The average molecular weight is 332 g/mol. The second-order valence-electron chi connectivity index (χ2n) is 3.82. The van der Waals surface area contributed by atoms with Gasteiger partial charge in [0.1, 0.15) is 6.04 Å². The van der Waals surface area contributed by atoms with Crippen molar-refractivity contribution >= 4 is 21.9 Å². The number of carbonyl (C=O) groups is 1. The molecule has 0 bridgehead atoms. The molecule has 0 aliphatic heterocycles. The van der Waals surface area contributed by atoms with Crippen molar-refractivity contribution in [3.8, 4) is 11.5 Å². The highest BCUT2D eigenvalue weighted by Gasteiger charge is 2.21. The fourth-order valence-corrected chi connectivity index (χ4v) is 2.18. The third kappa shape index (κ3) is 3.84. The average Bonchev–Trinajstić information content (AvgIpc) is 2.40. The summed E-state index contributed by atoms with van der Waals surface area (Å²) in [6, 6.07) is 2.87. The predicted molar refractivity (Wildman–Crippen MR) is 75.6 cm³/mol. The molecule has 0 aromatic heterocycles. The van der Waals surface area contributed by atoms with Crippen LogP contribution in [-0.2, 0) is 16.0 Å². The molecule has 0 heterocycles. The summed E-state index contributed by atoms with van der Waals surface area (Å²) in [5.74, 6) is 0.729. The van der Waals surface area contributed by atoms with E-state index in [9.17, 15) is 4.79 Å². The standard InChI is InChI=1S/C13H18BrNO4/c1-4-19-13(16)10(15)7-8-9(14)5-6-11(17-2)12(8)18-3/h5-6,10H,4,7,15H2,1-3H3. The number of hydrogen-bond donors (Lipinski definition) is 1. The summed E-state index contributed by atoms with van der Waals surface area (Å²) < 4.78 is 16.2. The van der Waals surface area contributed by atoms with Crippen LogP contribution < -0.4 is 15.2 Å². The highest BCUT2D eigenvalue weighted by Crippen LogP contribution is 2.36. The molecule has 0 fully saturated rings. The van der Waals surface area contributed by atoms with E-state index in [1.807, 2.05) is 6.07 Å². The summed E-state index contributed by atoms with van der Waals surface area (Å²) in [5, 5.41) is 0. The number of methoxy groups -OCH3 is 2. The summed E-state index contributed by atoms with van der Waals surface area (Å²) in [6.45, 7) is 2.05. The van der Waals surface area contributed by atoms with Crippen LogP contribution in [0.5, 0.6) is 11.5 Å². The van der Waals surface area contributed by atoms with Crippen molar-refractivity contribution in [1.29, 1.82) is 0 Å². The molecule has 0 aliphatic rings. The zero-order valence-electron chi connectivity index (χ0n) is 11.2. The maximum Gasteiger partial charge on any atom is 0.323 e. The van der Waals surface area contributed by atoms with E-state index in [-0.39, 0.29) is 0 Å². The fraction of sp³-hybridized carbons (Fsp3) is 0.462. The molecule has 2 N–H and O–H groups in total. The molecule has 1 aromatic carbocycles. The van der Waals surface area contributed by atoms with Crippen molar-refractivity contribution in [1.82, 2.24) is 0 Å². The van der Waals surface area contributed by atoms with E-state index >= 15 is 0 Å². The van der Waals surface area contributed by atoms with E-state index in [0.717, 1.165) is 10.0 Å². The van der Waals surface area contributed by atoms with Gasteiger partial charge in [-0.15, -0.1) is 0 Å². The molecule has 1 atom stereocenters. The van der Waals surface area contributed by atoms with Crippen molar-refractivity contribution < 1.29 is 19.0 Å². The Balaban J connectivity index is 3.02. The Bertz CT molecular complexity index is 451. The van der Waals surface area contributed by atoms with E-state index < -0.39 is 12.0 Å². The monoisotopic (exact) mass is 331 g/mol. The molecule has 0 saturated carbocycles. The first kappa shape index (κ1) is 15.8. The summed E-state index contributed by atoms with van der Waals surface area (Å²) in [4.78, 5) is 11.6. The number of rotatable bonds is 6. The molecule has 106 valence electrons. The molecule has 5 nitrogen and oxygen atoms in total. The Morgan fingerprint density at radius 2 is 2.05 bits per heavy atom. The molecular weight excluding hydrogens is 314 g/mol. The highest BCUT2D eigenvalue weighted by atomic mass is 79.9. The van der Waals surface area contributed by atoms with Crippen LogP contribution in [-0.4, -0.2) is 32.8 Å². The lowest BCUT2D eigenvalue weighted by atomic mass is 10.0. The Labute approximate surface area is 121 Å². The van der Waals surface area contributed by atoms with Gasteiger partial charge in [0.2, 0.25) is 0 Å². The number of halogens is 1. The van der Waals surface area contributed by atoms with Crippen LogP contribution in [0.25, 0.3) is 0 Å². The first-order valence-electron chi connectivity index (χ1n) is 5.86. The van der Waals surface area contributed by atoms with Gasteiger partial charge in [0, 0.05) is 16.5 Å². The number of ether oxygens (including phenoxy) is 3. The Kier molecular flexibility index (Phi) is 6.11. The van der Waals surface area contributed by atoms with Crippen LogP contribution in [0.1, 0.15) is 12.5 Å². The molecule has 0 saturated heterocycles. The van der Waals surface area contributed by atoms with Gasteiger partial charge in [-0.25, -0.2) is 0 Å². The lowest BCUT2D eigenvalue weighted by Gasteiger charge is -2.17. The molecule has 6 heteroatoms. The van der Waals surface area contributed by atoms with E-state index in [0.29, 0.717) is 24.5 Å². The molecule has 1 rings (SSSR count). The van der Waals surface area contributed by atoms with Crippen LogP contribution in [0.15, 0.2) is 16.6 Å². The van der Waals surface area contributed by atoms with Crippen LogP contribution in [0.4, 0.5) is 0 Å². The van der Waals surface area contributed by atoms with Gasteiger partial charge in [0.05, 0.1) is 20.8 Å². The number of nitrogens with two attached hydrogens (primary N) is 1. The summed E-state index contributed by atoms with van der Waals surface area (Å²) in [7, 11) is 3.10. The third-order valence-corrected chi connectivity index (χ3v) is 3.35. The van der Waals surface area contributed by atoms with E-state index in [2.05, 4.69) is 15.9 Å². The predicted octanol–water partition coefficient (Wildman–Crippen LogP) is 1.90. The minimum Gasteiger partial charge on any atom is -0.493 e. The zero-order chi connectivity index (χ0) is 14.4. The van der Waals surface area contributed by atoms with Crippen molar-refractivity contribution in [2.45, 2.75) is 19.4 Å². The molecular formula is C13H18BrNO4. The molecule has 19 heavy (non-hydrogen) atoms. The van der Waals surface area contributed by atoms with Gasteiger partial charge in [0.25, 0.3) is 0 Å². The lowest BCUT2D eigenvalue weighted by Crippen LogP contribution is -2.34.